The van der Waals surface area contributed by atoms with Crippen molar-refractivity contribution in [2.24, 2.45) is 4.99 Å². The Bertz CT molecular complexity index is 1510. The van der Waals surface area contributed by atoms with E-state index in [4.69, 9.17) is 0 Å². The van der Waals surface area contributed by atoms with E-state index >= 15 is 0 Å². The molecule has 10 nitrogen and oxygen atoms in total. The molecule has 1 saturated carbocycles. The van der Waals surface area contributed by atoms with E-state index in [0.717, 1.165) is 78.9 Å². The van der Waals surface area contributed by atoms with Crippen molar-refractivity contribution in [3.63, 3.8) is 0 Å². The second kappa shape index (κ2) is 9.77. The van der Waals surface area contributed by atoms with Crippen LogP contribution in [0.2, 0.25) is 0 Å². The molecule has 4 heterocycles. The molecule has 198 valence electrons. The van der Waals surface area contributed by atoms with Gasteiger partial charge in [0.05, 0.1) is 39.8 Å². The molecule has 11 heteroatoms. The minimum Gasteiger partial charge on any atom is -0.368 e. The maximum absolute atomic E-state index is 12.7. The van der Waals surface area contributed by atoms with Crippen LogP contribution < -0.4 is 21.2 Å². The molecule has 2 aliphatic heterocycles. The average molecular weight is 580 g/mol. The van der Waals surface area contributed by atoms with Crippen LogP contribution in [0.5, 0.6) is 0 Å². The van der Waals surface area contributed by atoms with Gasteiger partial charge in [-0.15, -0.1) is 0 Å². The van der Waals surface area contributed by atoms with E-state index < -0.39 is 0 Å². The summed E-state index contributed by atoms with van der Waals surface area (Å²) in [4.78, 5) is 43.3. The van der Waals surface area contributed by atoms with Crippen LogP contribution >= 0.6 is 15.9 Å². The molecule has 1 amide bonds. The number of aromatic nitrogens is 3. The SMILES string of the molecule is CCn1c2c3c(cc(CN4CCN(c5ccc(C(=O)NC6(CBr)CC6)nc5C)CC4)cc3nc1=O)NC=N2. The van der Waals surface area contributed by atoms with Gasteiger partial charge in [-0.05, 0) is 56.5 Å². The van der Waals surface area contributed by atoms with Gasteiger partial charge in [0.1, 0.15) is 11.5 Å². The van der Waals surface area contributed by atoms with Gasteiger partial charge in [-0.2, -0.15) is 4.98 Å². The highest BCUT2D eigenvalue weighted by Crippen LogP contribution is 2.37. The van der Waals surface area contributed by atoms with E-state index in [1.165, 1.54) is 0 Å². The largest absolute Gasteiger partial charge is 0.368 e. The van der Waals surface area contributed by atoms with Gasteiger partial charge in [-0.25, -0.2) is 14.8 Å². The third kappa shape index (κ3) is 4.58. The smallest absolute Gasteiger partial charge is 0.349 e. The lowest BCUT2D eigenvalue weighted by Crippen LogP contribution is -2.46. The van der Waals surface area contributed by atoms with Crippen molar-refractivity contribution in [2.75, 3.05) is 41.7 Å². The van der Waals surface area contributed by atoms with Crippen molar-refractivity contribution < 1.29 is 4.79 Å². The molecule has 2 N–H and O–H groups in total. The molecule has 2 aromatic heterocycles. The number of hydrogen-bond acceptors (Lipinski definition) is 8. The Balaban J connectivity index is 1.13. The van der Waals surface area contributed by atoms with Crippen LogP contribution in [0.4, 0.5) is 17.2 Å². The molecule has 3 aromatic rings. The summed E-state index contributed by atoms with van der Waals surface area (Å²) in [6.45, 7) is 8.74. The number of halogens is 1. The number of carbonyl (C=O) groups excluding carboxylic acids is 1. The Morgan fingerprint density at radius 2 is 1.95 bits per heavy atom. The molecule has 38 heavy (non-hydrogen) atoms. The molecule has 0 bridgehead atoms. The molecule has 2 fully saturated rings. The van der Waals surface area contributed by atoms with Crippen LogP contribution in [0, 0.1) is 6.92 Å². The highest BCUT2D eigenvalue weighted by molar-refractivity contribution is 9.09. The maximum atomic E-state index is 12.7. The Labute approximate surface area is 229 Å². The number of anilines is 2. The first kappa shape index (κ1) is 25.0. The summed E-state index contributed by atoms with van der Waals surface area (Å²) in [5.41, 5.74) is 4.78. The molecule has 3 aliphatic rings. The van der Waals surface area contributed by atoms with Gasteiger partial charge >= 0.3 is 5.69 Å². The van der Waals surface area contributed by atoms with E-state index in [9.17, 15) is 9.59 Å². The Kier molecular flexibility index (Phi) is 6.43. The van der Waals surface area contributed by atoms with Crippen molar-refractivity contribution in [2.45, 2.75) is 45.3 Å². The fourth-order valence-corrected chi connectivity index (χ4v) is 6.05. The first-order chi connectivity index (χ1) is 18.4. The summed E-state index contributed by atoms with van der Waals surface area (Å²) in [5.74, 6) is 0.561. The first-order valence-corrected chi connectivity index (χ1v) is 14.2. The van der Waals surface area contributed by atoms with Crippen LogP contribution in [0.15, 0.2) is 34.1 Å². The predicted octanol–water partition coefficient (Wildman–Crippen LogP) is 3.18. The van der Waals surface area contributed by atoms with Gasteiger partial charge in [0.2, 0.25) is 0 Å². The standard InChI is InChI=1S/C27H31BrN8O2/c1-3-36-24-23-20(29-16-30-24)12-18(13-21(23)32-26(36)38)14-34-8-10-35(11-9-34)22-5-4-19(31-17(22)2)25(37)33-27(15-28)6-7-27/h4-5,12-13,16H,3,6-11,14-15H2,1-2H3,(H,29,30)(H,33,37). The lowest BCUT2D eigenvalue weighted by molar-refractivity contribution is 0.0931. The monoisotopic (exact) mass is 578 g/mol. The lowest BCUT2D eigenvalue weighted by atomic mass is 10.1. The topological polar surface area (TPSA) is 108 Å². The van der Waals surface area contributed by atoms with Gasteiger partial charge in [0.15, 0.2) is 0 Å². The minimum atomic E-state index is -0.270. The molecule has 0 radical (unpaired) electrons. The van der Waals surface area contributed by atoms with Crippen LogP contribution in [-0.2, 0) is 13.1 Å². The Hall–Kier alpha value is -3.31. The third-order valence-electron chi connectivity index (χ3n) is 7.72. The van der Waals surface area contributed by atoms with Crippen molar-refractivity contribution in [1.29, 1.82) is 0 Å². The van der Waals surface area contributed by atoms with Gasteiger partial charge in [0, 0.05) is 44.6 Å². The number of aliphatic imine (C=N–C) groups is 1. The Morgan fingerprint density at radius 3 is 2.63 bits per heavy atom. The summed E-state index contributed by atoms with van der Waals surface area (Å²) < 4.78 is 1.60. The number of nitrogens with zero attached hydrogens (tertiary/aromatic N) is 6. The van der Waals surface area contributed by atoms with Crippen LogP contribution in [0.1, 0.15) is 41.5 Å². The number of hydrogen-bond donors (Lipinski definition) is 2. The predicted molar refractivity (Wildman–Crippen MR) is 153 cm³/mol. The second-order valence-corrected chi connectivity index (χ2v) is 10.9. The minimum absolute atomic E-state index is 0.0961. The van der Waals surface area contributed by atoms with Crippen LogP contribution in [-0.4, -0.2) is 68.7 Å². The molecule has 1 saturated heterocycles. The molecule has 0 spiro atoms. The number of alkyl halides is 1. The van der Waals surface area contributed by atoms with E-state index in [1.807, 2.05) is 32.0 Å². The number of carbonyl (C=O) groups is 1. The Morgan fingerprint density at radius 1 is 1.16 bits per heavy atom. The number of amides is 1. The highest BCUT2D eigenvalue weighted by atomic mass is 79.9. The van der Waals surface area contributed by atoms with Crippen LogP contribution in [0.3, 0.4) is 0 Å². The summed E-state index contributed by atoms with van der Waals surface area (Å²) in [6, 6.07) is 8.00. The number of pyridine rings is 1. The summed E-state index contributed by atoms with van der Waals surface area (Å²) in [5, 5.41) is 8.01. The van der Waals surface area contributed by atoms with Gasteiger partial charge < -0.3 is 15.5 Å². The maximum Gasteiger partial charge on any atom is 0.349 e. The second-order valence-electron chi connectivity index (χ2n) is 10.3. The van der Waals surface area contributed by atoms with E-state index in [0.29, 0.717) is 23.6 Å². The molecule has 1 aliphatic carbocycles. The van der Waals surface area contributed by atoms with Crippen molar-refractivity contribution in [3.05, 3.63) is 51.7 Å². The average Bonchev–Trinajstić information content (AvgIpc) is 3.69. The van der Waals surface area contributed by atoms with Crippen LogP contribution in [0.25, 0.3) is 10.9 Å². The van der Waals surface area contributed by atoms with Crippen molar-refractivity contribution in [1.82, 2.24) is 24.8 Å². The molecule has 6 rings (SSSR count). The van der Waals surface area contributed by atoms with E-state index in [-0.39, 0.29) is 17.1 Å². The van der Waals surface area contributed by atoms with Gasteiger partial charge in [0.25, 0.3) is 5.91 Å². The zero-order valence-corrected chi connectivity index (χ0v) is 23.2. The summed E-state index contributed by atoms with van der Waals surface area (Å²) in [6.07, 6.45) is 3.65. The molecule has 0 unspecified atom stereocenters. The molecular formula is C27H31BrN8O2. The van der Waals surface area contributed by atoms with E-state index in [2.05, 4.69) is 57.4 Å². The number of aryl methyl sites for hydroxylation is 1. The van der Waals surface area contributed by atoms with Crippen molar-refractivity contribution >= 4 is 56.3 Å². The van der Waals surface area contributed by atoms with E-state index in [1.54, 1.807) is 10.9 Å². The molecule has 0 atom stereocenters. The van der Waals surface area contributed by atoms with Crippen molar-refractivity contribution in [3.8, 4) is 0 Å². The quantitative estimate of drug-likeness (QED) is 0.414. The first-order valence-electron chi connectivity index (χ1n) is 13.1. The summed E-state index contributed by atoms with van der Waals surface area (Å²) in [7, 11) is 0. The molecular weight excluding hydrogens is 548 g/mol. The number of rotatable bonds is 7. The zero-order chi connectivity index (χ0) is 26.4. The molecule has 1 aromatic carbocycles. The summed E-state index contributed by atoms with van der Waals surface area (Å²) >= 11 is 3.50. The number of benzene rings is 1. The van der Waals surface area contributed by atoms with Gasteiger partial charge in [-0.1, -0.05) is 15.9 Å². The van der Waals surface area contributed by atoms with Gasteiger partial charge in [-0.3, -0.25) is 14.3 Å². The fraction of sp³-hybridized carbons (Fsp3) is 0.444. The lowest BCUT2D eigenvalue weighted by Gasteiger charge is -2.36. The zero-order valence-electron chi connectivity index (χ0n) is 21.6. The highest BCUT2D eigenvalue weighted by Gasteiger charge is 2.43. The fourth-order valence-electron chi connectivity index (χ4n) is 5.35. The number of piperazine rings is 1. The number of nitrogens with one attached hydrogen (secondary N) is 2. The third-order valence-corrected chi connectivity index (χ3v) is 8.80. The normalized spacial score (nSPS) is 17.9.